The SMILES string of the molecule is C#CCOc1cnc2c(Nc3ccc(F)c(C[C@@](C)(S/C(N)=N\CCF)c4c[nH]nn4)c3)nccc2n1. The number of aromatic amines is 1. The van der Waals surface area contributed by atoms with Crippen molar-refractivity contribution < 1.29 is 13.5 Å². The number of pyridine rings is 1. The van der Waals surface area contributed by atoms with Gasteiger partial charge in [0.15, 0.2) is 17.6 Å². The van der Waals surface area contributed by atoms with E-state index in [1.165, 1.54) is 12.3 Å². The van der Waals surface area contributed by atoms with Crippen LogP contribution in [0.5, 0.6) is 5.88 Å². The summed E-state index contributed by atoms with van der Waals surface area (Å²) in [5.74, 6) is 2.69. The fourth-order valence-electron chi connectivity index (χ4n) is 3.55. The molecule has 1 aromatic carbocycles. The minimum Gasteiger partial charge on any atom is -0.463 e. The summed E-state index contributed by atoms with van der Waals surface area (Å²) in [5, 5.41) is 13.9. The van der Waals surface area contributed by atoms with Gasteiger partial charge in [0.25, 0.3) is 0 Å². The number of aliphatic imine (C=N–C) groups is 1. The number of benzene rings is 1. The quantitative estimate of drug-likeness (QED) is 0.162. The third-order valence-corrected chi connectivity index (χ3v) is 6.36. The van der Waals surface area contributed by atoms with E-state index in [1.807, 2.05) is 6.92 Å². The molecule has 0 spiro atoms. The number of aromatic nitrogens is 6. The number of terminal acetylenes is 1. The molecule has 0 bridgehead atoms. The second-order valence-electron chi connectivity index (χ2n) is 7.94. The van der Waals surface area contributed by atoms with Crippen LogP contribution in [0.25, 0.3) is 11.0 Å². The third kappa shape index (κ3) is 6.28. The van der Waals surface area contributed by atoms with Crippen molar-refractivity contribution in [3.63, 3.8) is 0 Å². The first-order valence-electron chi connectivity index (χ1n) is 11.1. The van der Waals surface area contributed by atoms with Gasteiger partial charge in [0.2, 0.25) is 5.88 Å². The van der Waals surface area contributed by atoms with E-state index in [2.05, 4.69) is 46.6 Å². The lowest BCUT2D eigenvalue weighted by Gasteiger charge is -2.26. The Bertz CT molecular complexity index is 1440. The summed E-state index contributed by atoms with van der Waals surface area (Å²) in [4.78, 5) is 17.1. The number of nitrogens with two attached hydrogens (primary N) is 1. The number of nitrogens with one attached hydrogen (secondary N) is 2. The maximum Gasteiger partial charge on any atom is 0.233 e. The monoisotopic (exact) mass is 523 g/mol. The van der Waals surface area contributed by atoms with Crippen LogP contribution < -0.4 is 15.8 Å². The van der Waals surface area contributed by atoms with Gasteiger partial charge in [-0.2, -0.15) is 0 Å². The second-order valence-corrected chi connectivity index (χ2v) is 9.46. The minimum atomic E-state index is -0.839. The average molecular weight is 524 g/mol. The van der Waals surface area contributed by atoms with Gasteiger partial charge in [-0.1, -0.05) is 22.9 Å². The minimum absolute atomic E-state index is 0.0556. The topological polar surface area (TPSA) is 140 Å². The van der Waals surface area contributed by atoms with Crippen LogP contribution in [0.2, 0.25) is 0 Å². The van der Waals surface area contributed by atoms with Crippen LogP contribution in [-0.4, -0.2) is 55.4 Å². The number of fused-ring (bicyclic) bond motifs is 1. The molecule has 0 fully saturated rings. The van der Waals surface area contributed by atoms with Gasteiger partial charge in [-0.15, -0.1) is 11.5 Å². The van der Waals surface area contributed by atoms with Gasteiger partial charge in [-0.05, 0) is 43.2 Å². The highest BCUT2D eigenvalue weighted by Crippen LogP contribution is 2.39. The fraction of sp³-hybridized carbons (Fsp3) is 0.250. The maximum atomic E-state index is 15.0. The van der Waals surface area contributed by atoms with Crippen molar-refractivity contribution in [3.8, 4) is 18.2 Å². The van der Waals surface area contributed by atoms with Gasteiger partial charge in [0.1, 0.15) is 18.0 Å². The summed E-state index contributed by atoms with van der Waals surface area (Å²) in [6, 6.07) is 6.31. The molecule has 4 rings (SSSR count). The molecule has 1 atom stereocenters. The molecule has 0 saturated heterocycles. The summed E-state index contributed by atoms with van der Waals surface area (Å²) < 4.78 is 32.0. The number of hydrogen-bond donors (Lipinski definition) is 3. The van der Waals surface area contributed by atoms with Crippen LogP contribution in [0.1, 0.15) is 18.2 Å². The highest BCUT2D eigenvalue weighted by molar-refractivity contribution is 8.14. The van der Waals surface area contributed by atoms with E-state index in [0.29, 0.717) is 39.7 Å². The predicted molar refractivity (Wildman–Crippen MR) is 139 cm³/mol. The molecule has 10 nitrogen and oxygen atoms in total. The van der Waals surface area contributed by atoms with Gasteiger partial charge in [-0.25, -0.2) is 23.7 Å². The van der Waals surface area contributed by atoms with Crippen LogP contribution >= 0.6 is 11.8 Å². The Balaban J connectivity index is 1.62. The molecule has 3 aromatic heterocycles. The Hall–Kier alpha value is -4.31. The molecule has 0 aliphatic rings. The normalized spacial score (nSPS) is 13.2. The number of thioether (sulfide) groups is 1. The molecular formula is C24H23F2N9OS. The highest BCUT2D eigenvalue weighted by atomic mass is 32.2. The van der Waals surface area contributed by atoms with E-state index >= 15 is 0 Å². The second kappa shape index (κ2) is 11.6. The lowest BCUT2D eigenvalue weighted by Crippen LogP contribution is -2.27. The summed E-state index contributed by atoms with van der Waals surface area (Å²) in [5.41, 5.74) is 8.57. The molecule has 3 heterocycles. The number of alkyl halides is 1. The zero-order valence-corrected chi connectivity index (χ0v) is 20.6. The fourth-order valence-corrected chi connectivity index (χ4v) is 4.60. The summed E-state index contributed by atoms with van der Waals surface area (Å²) in [6.07, 6.45) is 10.1. The smallest absolute Gasteiger partial charge is 0.233 e. The van der Waals surface area contributed by atoms with Crippen molar-refractivity contribution in [2.24, 2.45) is 10.7 Å². The molecular weight excluding hydrogens is 500 g/mol. The summed E-state index contributed by atoms with van der Waals surface area (Å²) >= 11 is 1.16. The van der Waals surface area contributed by atoms with Crippen LogP contribution in [0.15, 0.2) is 47.8 Å². The Morgan fingerprint density at radius 1 is 1.35 bits per heavy atom. The van der Waals surface area contributed by atoms with Crippen LogP contribution in [-0.2, 0) is 11.2 Å². The summed E-state index contributed by atoms with van der Waals surface area (Å²) in [6.45, 7) is 1.23. The average Bonchev–Trinajstić information content (AvgIpc) is 3.44. The van der Waals surface area contributed by atoms with E-state index in [4.69, 9.17) is 16.9 Å². The number of ether oxygens (including phenoxy) is 1. The van der Waals surface area contributed by atoms with Gasteiger partial charge in [-0.3, -0.25) is 10.1 Å². The first kappa shape index (κ1) is 25.8. The van der Waals surface area contributed by atoms with Crippen molar-refractivity contribution in [2.75, 3.05) is 25.1 Å². The number of hydrogen-bond acceptors (Lipinski definition) is 9. The van der Waals surface area contributed by atoms with Gasteiger partial charge in [0, 0.05) is 18.1 Å². The van der Waals surface area contributed by atoms with Gasteiger partial charge in [0.05, 0.1) is 28.7 Å². The van der Waals surface area contributed by atoms with Crippen LogP contribution in [0, 0.1) is 18.2 Å². The number of rotatable bonds is 10. The zero-order chi connectivity index (χ0) is 26.3. The van der Waals surface area contributed by atoms with Crippen LogP contribution in [0.4, 0.5) is 20.3 Å². The number of anilines is 2. The molecule has 0 amide bonds. The molecule has 13 heteroatoms. The van der Waals surface area contributed by atoms with Crippen molar-refractivity contribution >= 4 is 39.5 Å². The van der Waals surface area contributed by atoms with E-state index in [0.717, 1.165) is 11.8 Å². The zero-order valence-electron chi connectivity index (χ0n) is 19.8. The molecule has 4 N–H and O–H groups in total. The Morgan fingerprint density at radius 2 is 2.22 bits per heavy atom. The maximum absolute atomic E-state index is 15.0. The van der Waals surface area contributed by atoms with Crippen LogP contribution in [0.3, 0.4) is 0 Å². The van der Waals surface area contributed by atoms with Crippen molar-refractivity contribution in [1.29, 1.82) is 0 Å². The first-order chi connectivity index (χ1) is 17.9. The number of nitrogens with zero attached hydrogens (tertiary/aromatic N) is 6. The third-order valence-electron chi connectivity index (χ3n) is 5.22. The van der Waals surface area contributed by atoms with E-state index in [9.17, 15) is 8.78 Å². The molecule has 4 aromatic rings. The largest absolute Gasteiger partial charge is 0.463 e. The molecule has 190 valence electrons. The molecule has 0 radical (unpaired) electrons. The molecule has 0 aliphatic carbocycles. The summed E-state index contributed by atoms with van der Waals surface area (Å²) in [7, 11) is 0. The number of halogens is 2. The molecule has 0 unspecified atom stereocenters. The first-order valence-corrected chi connectivity index (χ1v) is 11.9. The standard InChI is InChI=1S/C24H23F2N9OS/c1-3-10-36-20-14-30-21-18(33-20)6-8-28-22(21)32-16-4-5-17(26)15(11-16)12-24(2,19-13-31-35-34-19)37-23(27)29-9-7-25/h1,4-6,8,11,13-14H,7,9-10,12H2,2H3,(H2,27,29)(H,28,32)(H,31,34,35)/t24-/m1/s1. The number of amidine groups is 1. The highest BCUT2D eigenvalue weighted by Gasteiger charge is 2.33. The molecule has 0 aliphatic heterocycles. The molecule has 37 heavy (non-hydrogen) atoms. The van der Waals surface area contributed by atoms with E-state index in [1.54, 1.807) is 30.6 Å². The lowest BCUT2D eigenvalue weighted by molar-refractivity contribution is 0.355. The van der Waals surface area contributed by atoms with E-state index < -0.39 is 17.2 Å². The lowest BCUT2D eigenvalue weighted by atomic mass is 9.96. The van der Waals surface area contributed by atoms with Gasteiger partial charge >= 0.3 is 0 Å². The van der Waals surface area contributed by atoms with Gasteiger partial charge < -0.3 is 15.8 Å². The van der Waals surface area contributed by atoms with Crippen molar-refractivity contribution in [1.82, 2.24) is 30.4 Å². The van der Waals surface area contributed by atoms with E-state index in [-0.39, 0.29) is 24.7 Å². The predicted octanol–water partition coefficient (Wildman–Crippen LogP) is 3.51. The van der Waals surface area contributed by atoms with Crippen molar-refractivity contribution in [3.05, 3.63) is 59.9 Å². The van der Waals surface area contributed by atoms with Crippen molar-refractivity contribution in [2.45, 2.75) is 18.1 Å². The molecule has 0 saturated carbocycles. The Kier molecular flexibility index (Phi) is 8.09. The number of H-pyrrole nitrogens is 1. The Labute approximate surface area is 215 Å². The Morgan fingerprint density at radius 3 is 2.97 bits per heavy atom.